The van der Waals surface area contributed by atoms with Crippen molar-refractivity contribution < 1.29 is 9.59 Å². The van der Waals surface area contributed by atoms with E-state index in [1.165, 1.54) is 5.56 Å². The normalized spacial score (nSPS) is 10.5. The third-order valence-corrected chi connectivity index (χ3v) is 2.48. The van der Waals surface area contributed by atoms with Gasteiger partial charge in [0.1, 0.15) is 0 Å². The predicted octanol–water partition coefficient (Wildman–Crippen LogP) is 2.88. The van der Waals surface area contributed by atoms with Crippen molar-refractivity contribution in [2.75, 3.05) is 5.88 Å². The minimum atomic E-state index is -0.557. The Labute approximate surface area is 101 Å². The molecule has 1 aromatic rings. The quantitative estimate of drug-likeness (QED) is 0.449. The molecular formula is C13H15ClO2. The summed E-state index contributed by atoms with van der Waals surface area (Å²) in [5, 5.41) is 0. The SMILES string of the molecule is CC(C)Cc1ccc(C(=O)C(=O)CCl)cc1. The van der Waals surface area contributed by atoms with Gasteiger partial charge < -0.3 is 0 Å². The largest absolute Gasteiger partial charge is 0.289 e. The average Bonchev–Trinajstić information content (AvgIpc) is 2.27. The van der Waals surface area contributed by atoms with Crippen LogP contribution in [0.1, 0.15) is 29.8 Å². The van der Waals surface area contributed by atoms with Crippen molar-refractivity contribution in [3.05, 3.63) is 35.4 Å². The first-order valence-corrected chi connectivity index (χ1v) is 5.80. The molecule has 0 fully saturated rings. The minimum Gasteiger partial charge on any atom is -0.289 e. The van der Waals surface area contributed by atoms with Crippen LogP contribution in [0, 0.1) is 5.92 Å². The first kappa shape index (κ1) is 12.9. The lowest BCUT2D eigenvalue weighted by molar-refractivity contribution is -0.112. The van der Waals surface area contributed by atoms with Gasteiger partial charge in [0, 0.05) is 5.56 Å². The molecular weight excluding hydrogens is 224 g/mol. The van der Waals surface area contributed by atoms with E-state index in [0.717, 1.165) is 6.42 Å². The maximum absolute atomic E-state index is 11.5. The highest BCUT2D eigenvalue weighted by atomic mass is 35.5. The molecule has 1 rings (SSSR count). The number of benzene rings is 1. The van der Waals surface area contributed by atoms with Gasteiger partial charge in [-0.1, -0.05) is 38.1 Å². The number of hydrogen-bond acceptors (Lipinski definition) is 2. The van der Waals surface area contributed by atoms with Crippen molar-refractivity contribution in [1.29, 1.82) is 0 Å². The number of halogens is 1. The van der Waals surface area contributed by atoms with E-state index in [-0.39, 0.29) is 5.88 Å². The monoisotopic (exact) mass is 238 g/mol. The Hall–Kier alpha value is -1.15. The zero-order valence-corrected chi connectivity index (χ0v) is 10.3. The first-order valence-electron chi connectivity index (χ1n) is 5.27. The van der Waals surface area contributed by atoms with Gasteiger partial charge >= 0.3 is 0 Å². The smallest absolute Gasteiger partial charge is 0.229 e. The number of rotatable bonds is 5. The van der Waals surface area contributed by atoms with Gasteiger partial charge in [-0.3, -0.25) is 9.59 Å². The van der Waals surface area contributed by atoms with Crippen LogP contribution in [0.5, 0.6) is 0 Å². The van der Waals surface area contributed by atoms with Crippen LogP contribution in [0.4, 0.5) is 0 Å². The molecule has 2 nitrogen and oxygen atoms in total. The molecule has 0 radical (unpaired) electrons. The molecule has 0 aromatic heterocycles. The number of carbonyl (C=O) groups excluding carboxylic acids is 2. The molecule has 1 aromatic carbocycles. The van der Waals surface area contributed by atoms with E-state index in [1.54, 1.807) is 12.1 Å². The Balaban J connectivity index is 2.78. The van der Waals surface area contributed by atoms with Crippen LogP contribution in [0.25, 0.3) is 0 Å². The van der Waals surface area contributed by atoms with Crippen molar-refractivity contribution in [2.45, 2.75) is 20.3 Å². The lowest BCUT2D eigenvalue weighted by atomic mass is 10.00. The molecule has 0 spiro atoms. The Bertz CT molecular complexity index is 379. The third-order valence-electron chi connectivity index (χ3n) is 2.23. The second kappa shape index (κ2) is 5.80. The molecule has 0 bridgehead atoms. The van der Waals surface area contributed by atoms with E-state index in [2.05, 4.69) is 13.8 Å². The van der Waals surface area contributed by atoms with Crippen LogP contribution >= 0.6 is 11.6 Å². The Kier molecular flexibility index (Phi) is 4.69. The van der Waals surface area contributed by atoms with Gasteiger partial charge in [0.2, 0.25) is 11.6 Å². The van der Waals surface area contributed by atoms with Gasteiger partial charge in [0.05, 0.1) is 5.88 Å². The topological polar surface area (TPSA) is 34.1 Å². The molecule has 86 valence electrons. The van der Waals surface area contributed by atoms with Gasteiger partial charge in [-0.25, -0.2) is 0 Å². The van der Waals surface area contributed by atoms with Crippen molar-refractivity contribution >= 4 is 23.2 Å². The Morgan fingerprint density at radius 1 is 1.19 bits per heavy atom. The summed E-state index contributed by atoms with van der Waals surface area (Å²) in [6.07, 6.45) is 0.970. The van der Waals surface area contributed by atoms with E-state index in [0.29, 0.717) is 11.5 Å². The van der Waals surface area contributed by atoms with Crippen LogP contribution in [0.2, 0.25) is 0 Å². The van der Waals surface area contributed by atoms with Crippen LogP contribution in [0.15, 0.2) is 24.3 Å². The number of ketones is 2. The molecule has 0 heterocycles. The molecule has 0 unspecified atom stereocenters. The number of hydrogen-bond donors (Lipinski definition) is 0. The molecule has 0 aliphatic heterocycles. The van der Waals surface area contributed by atoms with Crippen LogP contribution in [-0.4, -0.2) is 17.4 Å². The summed E-state index contributed by atoms with van der Waals surface area (Å²) in [5.74, 6) is -0.748. The van der Waals surface area contributed by atoms with E-state index in [9.17, 15) is 9.59 Å². The highest BCUT2D eigenvalue weighted by Gasteiger charge is 2.14. The highest BCUT2D eigenvalue weighted by Crippen LogP contribution is 2.10. The van der Waals surface area contributed by atoms with Crippen LogP contribution in [0.3, 0.4) is 0 Å². The highest BCUT2D eigenvalue weighted by molar-refractivity contribution is 6.51. The zero-order valence-electron chi connectivity index (χ0n) is 9.50. The molecule has 3 heteroatoms. The third kappa shape index (κ3) is 3.46. The predicted molar refractivity (Wildman–Crippen MR) is 65.0 cm³/mol. The fourth-order valence-electron chi connectivity index (χ4n) is 1.49. The van der Waals surface area contributed by atoms with Gasteiger partial charge in [-0.2, -0.15) is 0 Å². The average molecular weight is 239 g/mol. The maximum atomic E-state index is 11.5. The van der Waals surface area contributed by atoms with Gasteiger partial charge in [0.15, 0.2) is 0 Å². The second-order valence-corrected chi connectivity index (χ2v) is 4.45. The molecule has 0 aliphatic carbocycles. The molecule has 0 aliphatic rings. The van der Waals surface area contributed by atoms with Gasteiger partial charge in [0.25, 0.3) is 0 Å². The maximum Gasteiger partial charge on any atom is 0.229 e. The summed E-state index contributed by atoms with van der Waals surface area (Å²) < 4.78 is 0. The van der Waals surface area contributed by atoms with Crippen molar-refractivity contribution in [2.24, 2.45) is 5.92 Å². The lowest BCUT2D eigenvalue weighted by Gasteiger charge is -2.05. The number of alkyl halides is 1. The van der Waals surface area contributed by atoms with E-state index in [4.69, 9.17) is 11.6 Å². The van der Waals surface area contributed by atoms with Gasteiger partial charge in [-0.05, 0) is 17.9 Å². The van der Waals surface area contributed by atoms with Crippen LogP contribution < -0.4 is 0 Å². The molecule has 0 amide bonds. The van der Waals surface area contributed by atoms with Crippen molar-refractivity contribution in [1.82, 2.24) is 0 Å². The molecule has 0 N–H and O–H groups in total. The molecule has 16 heavy (non-hydrogen) atoms. The summed E-state index contributed by atoms with van der Waals surface area (Å²) in [6.45, 7) is 4.27. The second-order valence-electron chi connectivity index (χ2n) is 4.18. The van der Waals surface area contributed by atoms with Crippen molar-refractivity contribution in [3.8, 4) is 0 Å². The Morgan fingerprint density at radius 3 is 2.19 bits per heavy atom. The van der Waals surface area contributed by atoms with E-state index < -0.39 is 11.6 Å². The summed E-state index contributed by atoms with van der Waals surface area (Å²) in [5.41, 5.74) is 1.59. The molecule has 0 saturated carbocycles. The van der Waals surface area contributed by atoms with E-state index in [1.807, 2.05) is 12.1 Å². The minimum absolute atomic E-state index is 0.257. The number of carbonyl (C=O) groups is 2. The summed E-state index contributed by atoms with van der Waals surface area (Å²) in [6, 6.07) is 7.14. The number of Topliss-reactive ketones (excluding diaryl/α,β-unsaturated/α-hetero) is 2. The zero-order chi connectivity index (χ0) is 12.1. The first-order chi connectivity index (χ1) is 7.54. The van der Waals surface area contributed by atoms with Gasteiger partial charge in [-0.15, -0.1) is 11.6 Å². The Morgan fingerprint density at radius 2 is 1.75 bits per heavy atom. The lowest BCUT2D eigenvalue weighted by Crippen LogP contribution is -2.15. The molecule has 0 atom stereocenters. The standard InChI is InChI=1S/C13H15ClO2/c1-9(2)7-10-3-5-11(6-4-10)13(16)12(15)8-14/h3-6,9H,7-8H2,1-2H3. The van der Waals surface area contributed by atoms with Crippen LogP contribution in [-0.2, 0) is 11.2 Å². The summed E-state index contributed by atoms with van der Waals surface area (Å²) in [7, 11) is 0. The summed E-state index contributed by atoms with van der Waals surface area (Å²) in [4.78, 5) is 22.6. The fourth-order valence-corrected chi connectivity index (χ4v) is 1.61. The molecule has 0 saturated heterocycles. The van der Waals surface area contributed by atoms with Crippen molar-refractivity contribution in [3.63, 3.8) is 0 Å². The summed E-state index contributed by atoms with van der Waals surface area (Å²) >= 11 is 5.33. The van der Waals surface area contributed by atoms with E-state index >= 15 is 0 Å². The fraction of sp³-hybridized carbons (Fsp3) is 0.385.